The van der Waals surface area contributed by atoms with Gasteiger partial charge in [-0.25, -0.2) is 4.79 Å². The van der Waals surface area contributed by atoms with E-state index < -0.39 is 12.0 Å². The van der Waals surface area contributed by atoms with E-state index in [0.29, 0.717) is 11.3 Å². The van der Waals surface area contributed by atoms with Crippen molar-refractivity contribution in [2.45, 2.75) is 26.3 Å². The van der Waals surface area contributed by atoms with Gasteiger partial charge in [0.25, 0.3) is 0 Å². The number of anilines is 1. The van der Waals surface area contributed by atoms with Crippen LogP contribution in [-0.2, 0) is 9.53 Å². The highest BCUT2D eigenvalue weighted by molar-refractivity contribution is 5.96. The van der Waals surface area contributed by atoms with Crippen LogP contribution in [0.25, 0.3) is 0 Å². The molecule has 1 aromatic carbocycles. The Balaban J connectivity index is 2.77. The van der Waals surface area contributed by atoms with Crippen molar-refractivity contribution in [3.05, 3.63) is 29.8 Å². The predicted molar refractivity (Wildman–Crippen MR) is 73.8 cm³/mol. The van der Waals surface area contributed by atoms with Gasteiger partial charge in [-0.1, -0.05) is 26.3 Å². The summed E-state index contributed by atoms with van der Waals surface area (Å²) in [5.74, 6) is -0.595. The third-order valence-corrected chi connectivity index (χ3v) is 3.11. The molecule has 1 rings (SSSR count). The van der Waals surface area contributed by atoms with Crippen LogP contribution in [0.5, 0.6) is 0 Å². The summed E-state index contributed by atoms with van der Waals surface area (Å²) in [7, 11) is 1.31. The summed E-state index contributed by atoms with van der Waals surface area (Å²) in [5.41, 5.74) is 6.76. The molecule has 0 fully saturated rings. The van der Waals surface area contributed by atoms with E-state index in [-0.39, 0.29) is 11.8 Å². The highest BCUT2D eigenvalue weighted by Gasteiger charge is 2.19. The molecule has 0 heterocycles. The molecular formula is C14H20N2O3. The van der Waals surface area contributed by atoms with Gasteiger partial charge in [0.15, 0.2) is 0 Å². The van der Waals surface area contributed by atoms with Gasteiger partial charge in [0.1, 0.15) is 0 Å². The minimum absolute atomic E-state index is 0.101. The molecule has 0 radical (unpaired) electrons. The zero-order chi connectivity index (χ0) is 14.4. The number of nitrogens with one attached hydrogen (secondary N) is 1. The molecule has 0 aliphatic heterocycles. The molecule has 1 aromatic rings. The van der Waals surface area contributed by atoms with E-state index in [4.69, 9.17) is 5.73 Å². The highest BCUT2D eigenvalue weighted by atomic mass is 16.5. The van der Waals surface area contributed by atoms with E-state index in [1.54, 1.807) is 24.3 Å². The molecule has 2 atom stereocenters. The highest BCUT2D eigenvalue weighted by Crippen LogP contribution is 2.13. The Hall–Kier alpha value is -1.88. The number of nitrogens with two attached hydrogens (primary N) is 1. The normalized spacial score (nSPS) is 13.5. The van der Waals surface area contributed by atoms with E-state index in [1.165, 1.54) is 7.11 Å². The van der Waals surface area contributed by atoms with Crippen molar-refractivity contribution in [2.24, 2.45) is 11.7 Å². The maximum absolute atomic E-state index is 11.9. The number of benzene rings is 1. The minimum atomic E-state index is -0.563. The summed E-state index contributed by atoms with van der Waals surface area (Å²) in [6.07, 6.45) is 0.830. The van der Waals surface area contributed by atoms with Crippen LogP contribution in [-0.4, -0.2) is 25.0 Å². The maximum Gasteiger partial charge on any atom is 0.337 e. The van der Waals surface area contributed by atoms with Crippen molar-refractivity contribution in [1.29, 1.82) is 0 Å². The minimum Gasteiger partial charge on any atom is -0.465 e. The van der Waals surface area contributed by atoms with Crippen molar-refractivity contribution < 1.29 is 14.3 Å². The Kier molecular flexibility index (Phi) is 5.51. The van der Waals surface area contributed by atoms with Crippen molar-refractivity contribution >= 4 is 17.6 Å². The molecule has 0 aliphatic rings. The molecule has 5 heteroatoms. The molecule has 0 aromatic heterocycles. The Bertz CT molecular complexity index is 460. The molecule has 3 N–H and O–H groups in total. The second kappa shape index (κ2) is 6.89. The fraction of sp³-hybridized carbons (Fsp3) is 0.429. The zero-order valence-electron chi connectivity index (χ0n) is 11.5. The fourth-order valence-corrected chi connectivity index (χ4v) is 1.58. The first-order chi connectivity index (χ1) is 8.99. The van der Waals surface area contributed by atoms with Crippen molar-refractivity contribution in [2.75, 3.05) is 12.4 Å². The third-order valence-electron chi connectivity index (χ3n) is 3.11. The van der Waals surface area contributed by atoms with Crippen LogP contribution < -0.4 is 11.1 Å². The lowest BCUT2D eigenvalue weighted by Crippen LogP contribution is -2.40. The quantitative estimate of drug-likeness (QED) is 0.794. The Labute approximate surface area is 113 Å². The van der Waals surface area contributed by atoms with Gasteiger partial charge in [0.05, 0.1) is 18.7 Å². The van der Waals surface area contributed by atoms with Crippen LogP contribution in [0.3, 0.4) is 0 Å². The molecule has 5 nitrogen and oxygen atoms in total. The summed E-state index contributed by atoms with van der Waals surface area (Å²) >= 11 is 0. The average Bonchev–Trinajstić information content (AvgIpc) is 2.44. The number of amides is 1. The van der Waals surface area contributed by atoms with Gasteiger partial charge >= 0.3 is 5.97 Å². The number of hydrogen-bond acceptors (Lipinski definition) is 4. The van der Waals surface area contributed by atoms with Gasteiger partial charge < -0.3 is 15.8 Å². The van der Waals surface area contributed by atoms with Gasteiger partial charge in [-0.3, -0.25) is 4.79 Å². The van der Waals surface area contributed by atoms with E-state index in [0.717, 1.165) is 6.42 Å². The third kappa shape index (κ3) is 4.06. The summed E-state index contributed by atoms with van der Waals surface area (Å²) in [4.78, 5) is 23.3. The molecule has 0 unspecified atom stereocenters. The second-order valence-electron chi connectivity index (χ2n) is 4.47. The largest absolute Gasteiger partial charge is 0.465 e. The van der Waals surface area contributed by atoms with Crippen LogP contribution in [0.2, 0.25) is 0 Å². The first-order valence-electron chi connectivity index (χ1n) is 6.24. The Morgan fingerprint density at radius 2 is 2.11 bits per heavy atom. The molecule has 104 valence electrons. The Morgan fingerprint density at radius 3 is 2.68 bits per heavy atom. The van der Waals surface area contributed by atoms with Crippen LogP contribution >= 0.6 is 0 Å². The lowest BCUT2D eigenvalue weighted by Gasteiger charge is -2.17. The number of ether oxygens (including phenoxy) is 1. The average molecular weight is 264 g/mol. The fourth-order valence-electron chi connectivity index (χ4n) is 1.58. The Morgan fingerprint density at radius 1 is 1.42 bits per heavy atom. The molecule has 0 bridgehead atoms. The smallest absolute Gasteiger partial charge is 0.337 e. The van der Waals surface area contributed by atoms with E-state index in [2.05, 4.69) is 10.1 Å². The van der Waals surface area contributed by atoms with Crippen LogP contribution in [0.4, 0.5) is 5.69 Å². The number of carbonyl (C=O) groups is 2. The first kappa shape index (κ1) is 15.2. The summed E-state index contributed by atoms with van der Waals surface area (Å²) < 4.78 is 4.62. The molecule has 0 saturated carbocycles. The summed E-state index contributed by atoms with van der Waals surface area (Å²) in [6, 6.07) is 6.00. The topological polar surface area (TPSA) is 81.4 Å². The van der Waals surface area contributed by atoms with Crippen LogP contribution in [0, 0.1) is 5.92 Å². The lowest BCUT2D eigenvalue weighted by molar-refractivity contribution is -0.118. The van der Waals surface area contributed by atoms with E-state index in [9.17, 15) is 9.59 Å². The van der Waals surface area contributed by atoms with Gasteiger partial charge in [-0.05, 0) is 24.1 Å². The van der Waals surface area contributed by atoms with Gasteiger partial charge in [-0.15, -0.1) is 0 Å². The number of carbonyl (C=O) groups excluding carboxylic acids is 2. The molecule has 0 saturated heterocycles. The van der Waals surface area contributed by atoms with Crippen molar-refractivity contribution in [1.82, 2.24) is 0 Å². The standard InChI is InChI=1S/C14H20N2O3/c1-4-9(2)12(15)13(17)16-11-7-5-6-10(8-11)14(18)19-3/h5-9,12H,4,15H2,1-3H3,(H,16,17)/t9-,12-/m0/s1. The van der Waals surface area contributed by atoms with Crippen molar-refractivity contribution in [3.63, 3.8) is 0 Å². The summed E-state index contributed by atoms with van der Waals surface area (Å²) in [6.45, 7) is 3.91. The van der Waals surface area contributed by atoms with Crippen molar-refractivity contribution in [3.8, 4) is 0 Å². The second-order valence-corrected chi connectivity index (χ2v) is 4.47. The monoisotopic (exact) mass is 264 g/mol. The number of methoxy groups -OCH3 is 1. The zero-order valence-corrected chi connectivity index (χ0v) is 11.5. The van der Waals surface area contributed by atoms with E-state index in [1.807, 2.05) is 13.8 Å². The molecule has 1 amide bonds. The van der Waals surface area contributed by atoms with Gasteiger partial charge in [-0.2, -0.15) is 0 Å². The molecule has 0 aliphatic carbocycles. The SMILES string of the molecule is CC[C@H](C)[C@H](N)C(=O)Nc1cccc(C(=O)OC)c1. The van der Waals surface area contributed by atoms with Gasteiger partial charge in [0.2, 0.25) is 5.91 Å². The molecule has 19 heavy (non-hydrogen) atoms. The molecule has 0 spiro atoms. The predicted octanol–water partition coefficient (Wildman–Crippen LogP) is 1.79. The van der Waals surface area contributed by atoms with E-state index >= 15 is 0 Å². The van der Waals surface area contributed by atoms with Crippen LogP contribution in [0.15, 0.2) is 24.3 Å². The van der Waals surface area contributed by atoms with Crippen LogP contribution in [0.1, 0.15) is 30.6 Å². The first-order valence-corrected chi connectivity index (χ1v) is 6.24. The van der Waals surface area contributed by atoms with Gasteiger partial charge in [0, 0.05) is 5.69 Å². The summed E-state index contributed by atoms with van der Waals surface area (Å²) in [5, 5.41) is 2.70. The molecular weight excluding hydrogens is 244 g/mol. The lowest BCUT2D eigenvalue weighted by atomic mass is 9.99. The maximum atomic E-state index is 11.9. The number of hydrogen-bond donors (Lipinski definition) is 2. The number of esters is 1. The number of rotatable bonds is 5.